The fourth-order valence-corrected chi connectivity index (χ4v) is 3.47. The second kappa shape index (κ2) is 6.55. The predicted molar refractivity (Wildman–Crippen MR) is 76.5 cm³/mol. The number of sulfonamides is 1. The summed E-state index contributed by atoms with van der Waals surface area (Å²) in [6, 6.07) is 0. The van der Waals surface area contributed by atoms with Crippen molar-refractivity contribution in [1.29, 1.82) is 0 Å². The predicted octanol–water partition coefficient (Wildman–Crippen LogP) is 0.350. The number of hydrogen-bond acceptors (Lipinski definition) is 7. The maximum Gasteiger partial charge on any atom is 0.248 e. The summed E-state index contributed by atoms with van der Waals surface area (Å²) in [5, 5.41) is 11.5. The zero-order chi connectivity index (χ0) is 16.3. The van der Waals surface area contributed by atoms with Crippen LogP contribution >= 0.6 is 0 Å². The first kappa shape index (κ1) is 16.6. The normalized spacial score (nSPS) is 12.2. The van der Waals surface area contributed by atoms with E-state index < -0.39 is 10.0 Å². The average Bonchev–Trinajstić information content (AvgIpc) is 3.03. The third kappa shape index (κ3) is 3.18. The minimum Gasteiger partial charge on any atom is -0.383 e. The van der Waals surface area contributed by atoms with E-state index in [9.17, 15) is 8.42 Å². The van der Waals surface area contributed by atoms with Crippen LogP contribution in [-0.4, -0.2) is 53.4 Å². The van der Waals surface area contributed by atoms with E-state index in [-0.39, 0.29) is 17.2 Å². The number of methoxy groups -OCH3 is 1. The van der Waals surface area contributed by atoms with E-state index in [1.54, 1.807) is 31.9 Å². The van der Waals surface area contributed by atoms with E-state index in [4.69, 9.17) is 9.26 Å². The van der Waals surface area contributed by atoms with Crippen molar-refractivity contribution in [2.75, 3.05) is 20.8 Å². The first-order valence-electron chi connectivity index (χ1n) is 6.62. The third-order valence-electron chi connectivity index (χ3n) is 3.23. The SMILES string of the molecule is COCCn1cnnc1CN(C)S(=O)(=O)c1c(C)noc1C. The molecule has 0 aromatic carbocycles. The molecule has 9 nitrogen and oxygen atoms in total. The molecular formula is C12H19N5O4S. The molecule has 10 heteroatoms. The molecule has 2 aromatic heterocycles. The van der Waals surface area contributed by atoms with Crippen LogP contribution in [0.25, 0.3) is 0 Å². The lowest BCUT2D eigenvalue weighted by Crippen LogP contribution is -2.29. The van der Waals surface area contributed by atoms with E-state index in [1.807, 2.05) is 0 Å². The third-order valence-corrected chi connectivity index (χ3v) is 5.28. The summed E-state index contributed by atoms with van der Waals surface area (Å²) < 4.78 is 38.2. The lowest BCUT2D eigenvalue weighted by Gasteiger charge is -2.16. The Kier molecular flexibility index (Phi) is 4.94. The molecule has 0 fully saturated rings. The number of nitrogens with zero attached hydrogens (tertiary/aromatic N) is 5. The first-order valence-corrected chi connectivity index (χ1v) is 8.06. The molecule has 0 saturated carbocycles. The number of ether oxygens (including phenoxy) is 1. The summed E-state index contributed by atoms with van der Waals surface area (Å²) in [6.45, 7) is 4.31. The molecule has 0 unspecified atom stereocenters. The van der Waals surface area contributed by atoms with Gasteiger partial charge in [0.15, 0.2) is 5.76 Å². The Balaban J connectivity index is 2.22. The van der Waals surface area contributed by atoms with E-state index in [0.717, 1.165) is 0 Å². The Morgan fingerprint density at radius 1 is 1.41 bits per heavy atom. The van der Waals surface area contributed by atoms with Gasteiger partial charge in [-0.1, -0.05) is 5.16 Å². The van der Waals surface area contributed by atoms with Gasteiger partial charge in [0.25, 0.3) is 0 Å². The molecule has 2 rings (SSSR count). The van der Waals surface area contributed by atoms with Gasteiger partial charge in [0.05, 0.1) is 13.2 Å². The van der Waals surface area contributed by atoms with Crippen molar-refractivity contribution in [1.82, 2.24) is 24.2 Å². The van der Waals surface area contributed by atoms with E-state index >= 15 is 0 Å². The van der Waals surface area contributed by atoms with Crippen molar-refractivity contribution in [2.45, 2.75) is 31.8 Å². The Labute approximate surface area is 128 Å². The fourth-order valence-electron chi connectivity index (χ4n) is 2.06. The van der Waals surface area contributed by atoms with Crippen LogP contribution < -0.4 is 0 Å². The topological polar surface area (TPSA) is 103 Å². The standard InChI is InChI=1S/C12H19N5O4S/c1-9-12(10(2)21-15-9)22(18,19)16(3)7-11-14-13-8-17(11)5-6-20-4/h8H,5-7H2,1-4H3. The molecule has 0 spiro atoms. The van der Waals surface area contributed by atoms with Crippen LogP contribution in [0.4, 0.5) is 0 Å². The minimum atomic E-state index is -3.71. The molecule has 0 N–H and O–H groups in total. The molecule has 0 aliphatic rings. The smallest absolute Gasteiger partial charge is 0.248 e. The first-order chi connectivity index (χ1) is 10.4. The van der Waals surface area contributed by atoms with Gasteiger partial charge in [-0.3, -0.25) is 0 Å². The summed E-state index contributed by atoms with van der Waals surface area (Å²) in [5.74, 6) is 0.806. The fraction of sp³-hybridized carbons (Fsp3) is 0.583. The summed E-state index contributed by atoms with van der Waals surface area (Å²) in [7, 11) is -0.628. The van der Waals surface area contributed by atoms with Crippen molar-refractivity contribution in [3.63, 3.8) is 0 Å². The zero-order valence-corrected chi connectivity index (χ0v) is 13.8. The average molecular weight is 329 g/mol. The van der Waals surface area contributed by atoms with Gasteiger partial charge in [-0.05, 0) is 13.8 Å². The van der Waals surface area contributed by atoms with Gasteiger partial charge < -0.3 is 13.8 Å². The second-order valence-corrected chi connectivity index (χ2v) is 6.83. The lowest BCUT2D eigenvalue weighted by molar-refractivity contribution is 0.185. The zero-order valence-electron chi connectivity index (χ0n) is 13.0. The number of aryl methyl sites for hydroxylation is 2. The van der Waals surface area contributed by atoms with E-state index in [1.165, 1.54) is 11.4 Å². The summed E-state index contributed by atoms with van der Waals surface area (Å²) in [5.41, 5.74) is 0.338. The van der Waals surface area contributed by atoms with Crippen LogP contribution in [0.2, 0.25) is 0 Å². The van der Waals surface area contributed by atoms with Crippen LogP contribution in [0.15, 0.2) is 15.7 Å². The summed E-state index contributed by atoms with van der Waals surface area (Å²) >= 11 is 0. The molecule has 2 aromatic rings. The monoisotopic (exact) mass is 329 g/mol. The second-order valence-electron chi connectivity index (χ2n) is 4.85. The molecular weight excluding hydrogens is 310 g/mol. The quantitative estimate of drug-likeness (QED) is 0.722. The van der Waals surface area contributed by atoms with Gasteiger partial charge in [0.2, 0.25) is 10.0 Å². The highest BCUT2D eigenvalue weighted by Gasteiger charge is 2.29. The van der Waals surface area contributed by atoms with Gasteiger partial charge >= 0.3 is 0 Å². The molecule has 122 valence electrons. The van der Waals surface area contributed by atoms with Gasteiger partial charge in [-0.2, -0.15) is 4.31 Å². The van der Waals surface area contributed by atoms with Crippen LogP contribution in [0.3, 0.4) is 0 Å². The van der Waals surface area contributed by atoms with Gasteiger partial charge in [0.1, 0.15) is 22.7 Å². The molecule has 0 bridgehead atoms. The molecule has 0 amide bonds. The number of hydrogen-bond donors (Lipinski definition) is 0. The van der Waals surface area contributed by atoms with Crippen molar-refractivity contribution in [3.8, 4) is 0 Å². The van der Waals surface area contributed by atoms with Crippen molar-refractivity contribution >= 4 is 10.0 Å². The van der Waals surface area contributed by atoms with E-state index in [2.05, 4.69) is 15.4 Å². The largest absolute Gasteiger partial charge is 0.383 e. The number of rotatable bonds is 7. The molecule has 0 radical (unpaired) electrons. The maximum absolute atomic E-state index is 12.6. The van der Waals surface area contributed by atoms with Crippen LogP contribution in [0.1, 0.15) is 17.3 Å². The molecule has 2 heterocycles. The summed E-state index contributed by atoms with van der Waals surface area (Å²) in [4.78, 5) is 0.0953. The van der Waals surface area contributed by atoms with Crippen molar-refractivity contribution in [3.05, 3.63) is 23.6 Å². The molecule has 0 atom stereocenters. The minimum absolute atomic E-state index is 0.0934. The van der Waals surface area contributed by atoms with E-state index in [0.29, 0.717) is 24.7 Å². The highest BCUT2D eigenvalue weighted by molar-refractivity contribution is 7.89. The Morgan fingerprint density at radius 3 is 2.73 bits per heavy atom. The van der Waals surface area contributed by atoms with Crippen molar-refractivity contribution < 1.29 is 17.7 Å². The van der Waals surface area contributed by atoms with Crippen LogP contribution in [0, 0.1) is 13.8 Å². The highest BCUT2D eigenvalue weighted by Crippen LogP contribution is 2.23. The Morgan fingerprint density at radius 2 is 2.14 bits per heavy atom. The Bertz CT molecular complexity index is 717. The molecule has 0 aliphatic carbocycles. The Hall–Kier alpha value is -1.78. The number of aromatic nitrogens is 4. The molecule has 0 aliphatic heterocycles. The molecule has 22 heavy (non-hydrogen) atoms. The van der Waals surface area contributed by atoms with Gasteiger partial charge in [0, 0.05) is 20.7 Å². The van der Waals surface area contributed by atoms with Gasteiger partial charge in [-0.15, -0.1) is 10.2 Å². The summed E-state index contributed by atoms with van der Waals surface area (Å²) in [6.07, 6.45) is 1.55. The van der Waals surface area contributed by atoms with Crippen LogP contribution in [-0.2, 0) is 27.8 Å². The van der Waals surface area contributed by atoms with Crippen LogP contribution in [0.5, 0.6) is 0 Å². The van der Waals surface area contributed by atoms with Gasteiger partial charge in [-0.25, -0.2) is 8.42 Å². The maximum atomic E-state index is 12.6. The highest BCUT2D eigenvalue weighted by atomic mass is 32.2. The lowest BCUT2D eigenvalue weighted by atomic mass is 10.4. The van der Waals surface area contributed by atoms with Crippen molar-refractivity contribution in [2.24, 2.45) is 0 Å². The molecule has 0 saturated heterocycles.